The number of rotatable bonds is 5. The Labute approximate surface area is 151 Å². The van der Waals surface area contributed by atoms with Gasteiger partial charge in [0.15, 0.2) is 0 Å². The first kappa shape index (κ1) is 16.1. The third-order valence-corrected chi connectivity index (χ3v) is 4.54. The van der Waals surface area contributed by atoms with Gasteiger partial charge in [0.1, 0.15) is 11.5 Å². The molecule has 0 saturated heterocycles. The fourth-order valence-electron chi connectivity index (χ4n) is 3.27. The molecule has 4 heteroatoms. The topological polar surface area (TPSA) is 64.5 Å². The highest BCUT2D eigenvalue weighted by molar-refractivity contribution is 5.97. The molecular formula is C22H20N2O2. The zero-order valence-corrected chi connectivity index (χ0v) is 14.2. The van der Waals surface area contributed by atoms with E-state index in [9.17, 15) is 10.2 Å². The summed E-state index contributed by atoms with van der Waals surface area (Å²) in [7, 11) is 0. The van der Waals surface area contributed by atoms with Crippen LogP contribution in [0.3, 0.4) is 0 Å². The fourth-order valence-corrected chi connectivity index (χ4v) is 3.27. The molecule has 0 spiro atoms. The van der Waals surface area contributed by atoms with Crippen molar-refractivity contribution in [2.45, 2.75) is 0 Å². The highest BCUT2D eigenvalue weighted by Gasteiger charge is 2.08. The third-order valence-electron chi connectivity index (χ3n) is 4.54. The van der Waals surface area contributed by atoms with Gasteiger partial charge in [-0.15, -0.1) is 0 Å². The van der Waals surface area contributed by atoms with Crippen molar-refractivity contribution >= 4 is 32.9 Å². The van der Waals surface area contributed by atoms with Gasteiger partial charge in [-0.2, -0.15) is 0 Å². The van der Waals surface area contributed by atoms with Crippen LogP contribution in [0, 0.1) is 0 Å². The Bertz CT molecular complexity index is 989. The van der Waals surface area contributed by atoms with E-state index in [2.05, 4.69) is 10.6 Å². The highest BCUT2D eigenvalue weighted by atomic mass is 16.3. The molecule has 0 radical (unpaired) electrons. The van der Waals surface area contributed by atoms with Gasteiger partial charge in [0, 0.05) is 23.9 Å². The second kappa shape index (κ2) is 6.84. The monoisotopic (exact) mass is 344 g/mol. The van der Waals surface area contributed by atoms with Crippen LogP contribution in [0.1, 0.15) is 0 Å². The van der Waals surface area contributed by atoms with Crippen molar-refractivity contribution in [1.29, 1.82) is 0 Å². The molecule has 26 heavy (non-hydrogen) atoms. The van der Waals surface area contributed by atoms with E-state index in [0.29, 0.717) is 13.1 Å². The molecule has 0 heterocycles. The molecule has 0 saturated carbocycles. The molecule has 4 aromatic rings. The second-order valence-corrected chi connectivity index (χ2v) is 6.22. The molecule has 0 fully saturated rings. The lowest BCUT2D eigenvalue weighted by Gasteiger charge is -2.14. The summed E-state index contributed by atoms with van der Waals surface area (Å²) in [6.07, 6.45) is 0. The molecule has 0 amide bonds. The van der Waals surface area contributed by atoms with E-state index < -0.39 is 0 Å². The SMILES string of the molecule is Oc1ccc2ccccc2c1NCCNc1c(O)ccc2ccccc12. The minimum Gasteiger partial charge on any atom is -0.506 e. The molecule has 0 aliphatic carbocycles. The van der Waals surface area contributed by atoms with Gasteiger partial charge in [0.05, 0.1) is 11.4 Å². The largest absolute Gasteiger partial charge is 0.506 e. The first-order valence-corrected chi connectivity index (χ1v) is 8.63. The minimum absolute atomic E-state index is 0.233. The average molecular weight is 344 g/mol. The minimum atomic E-state index is 0.233. The number of anilines is 2. The smallest absolute Gasteiger partial charge is 0.139 e. The number of nitrogens with one attached hydrogen (secondary N) is 2. The Hall–Kier alpha value is -3.40. The summed E-state index contributed by atoms with van der Waals surface area (Å²) < 4.78 is 0. The maximum atomic E-state index is 10.2. The van der Waals surface area contributed by atoms with Gasteiger partial charge in [-0.05, 0) is 22.9 Å². The lowest BCUT2D eigenvalue weighted by Crippen LogP contribution is -2.14. The van der Waals surface area contributed by atoms with Gasteiger partial charge in [0.25, 0.3) is 0 Å². The maximum Gasteiger partial charge on any atom is 0.139 e. The summed E-state index contributed by atoms with van der Waals surface area (Å²) in [6.45, 7) is 1.20. The summed E-state index contributed by atoms with van der Waals surface area (Å²) in [5, 5.41) is 31.1. The zero-order chi connectivity index (χ0) is 17.9. The van der Waals surface area contributed by atoms with Crippen molar-refractivity contribution < 1.29 is 10.2 Å². The lowest BCUT2D eigenvalue weighted by atomic mass is 10.1. The predicted molar refractivity (Wildman–Crippen MR) is 108 cm³/mol. The number of fused-ring (bicyclic) bond motifs is 2. The molecule has 0 unspecified atom stereocenters. The molecule has 4 nitrogen and oxygen atoms in total. The van der Waals surface area contributed by atoms with Crippen molar-refractivity contribution in [2.24, 2.45) is 0 Å². The Balaban J connectivity index is 1.50. The van der Waals surface area contributed by atoms with E-state index in [4.69, 9.17) is 0 Å². The van der Waals surface area contributed by atoms with Gasteiger partial charge < -0.3 is 20.8 Å². The van der Waals surface area contributed by atoms with Crippen LogP contribution in [0.4, 0.5) is 11.4 Å². The normalized spacial score (nSPS) is 10.9. The van der Waals surface area contributed by atoms with Crippen molar-refractivity contribution in [3.05, 3.63) is 72.8 Å². The van der Waals surface area contributed by atoms with Crippen LogP contribution < -0.4 is 10.6 Å². The van der Waals surface area contributed by atoms with Crippen LogP contribution in [0.25, 0.3) is 21.5 Å². The summed E-state index contributed by atoms with van der Waals surface area (Å²) in [5.41, 5.74) is 1.46. The fraction of sp³-hybridized carbons (Fsp3) is 0.0909. The quantitative estimate of drug-likeness (QED) is 0.306. The van der Waals surface area contributed by atoms with Crippen LogP contribution in [0.2, 0.25) is 0 Å². The predicted octanol–water partition coefficient (Wildman–Crippen LogP) is 4.93. The number of phenolic OH excluding ortho intramolecular Hbond substituents is 2. The maximum absolute atomic E-state index is 10.2. The zero-order valence-electron chi connectivity index (χ0n) is 14.2. The average Bonchev–Trinajstić information content (AvgIpc) is 2.68. The van der Waals surface area contributed by atoms with E-state index in [-0.39, 0.29) is 11.5 Å². The van der Waals surface area contributed by atoms with Crippen LogP contribution >= 0.6 is 0 Å². The number of aromatic hydroxyl groups is 2. The molecule has 0 bridgehead atoms. The van der Waals surface area contributed by atoms with Crippen molar-refractivity contribution in [3.8, 4) is 11.5 Å². The molecular weight excluding hydrogens is 324 g/mol. The van der Waals surface area contributed by atoms with Gasteiger partial charge >= 0.3 is 0 Å². The molecule has 130 valence electrons. The number of phenols is 2. The molecule has 4 rings (SSSR count). The molecule has 0 aliphatic heterocycles. The van der Waals surface area contributed by atoms with E-state index in [0.717, 1.165) is 32.9 Å². The Kier molecular flexibility index (Phi) is 4.23. The number of hydrogen-bond acceptors (Lipinski definition) is 4. The van der Waals surface area contributed by atoms with Gasteiger partial charge in [-0.1, -0.05) is 60.7 Å². The van der Waals surface area contributed by atoms with Crippen LogP contribution in [0.5, 0.6) is 11.5 Å². The van der Waals surface area contributed by atoms with Crippen LogP contribution in [0.15, 0.2) is 72.8 Å². The summed E-state index contributed by atoms with van der Waals surface area (Å²) >= 11 is 0. The van der Waals surface area contributed by atoms with Gasteiger partial charge in [-0.25, -0.2) is 0 Å². The molecule has 4 aromatic carbocycles. The summed E-state index contributed by atoms with van der Waals surface area (Å²) in [5.74, 6) is 0.466. The van der Waals surface area contributed by atoms with E-state index >= 15 is 0 Å². The number of benzene rings is 4. The number of hydrogen-bond donors (Lipinski definition) is 4. The lowest BCUT2D eigenvalue weighted by molar-refractivity contribution is 0.477. The van der Waals surface area contributed by atoms with E-state index in [1.807, 2.05) is 60.7 Å². The first-order chi connectivity index (χ1) is 12.7. The molecule has 0 aliphatic rings. The Morgan fingerprint density at radius 3 is 1.42 bits per heavy atom. The van der Waals surface area contributed by atoms with Crippen LogP contribution in [-0.2, 0) is 0 Å². The van der Waals surface area contributed by atoms with Crippen molar-refractivity contribution in [3.63, 3.8) is 0 Å². The van der Waals surface area contributed by atoms with Crippen molar-refractivity contribution in [1.82, 2.24) is 0 Å². The summed E-state index contributed by atoms with van der Waals surface area (Å²) in [4.78, 5) is 0. The van der Waals surface area contributed by atoms with Crippen LogP contribution in [-0.4, -0.2) is 23.3 Å². The van der Waals surface area contributed by atoms with E-state index in [1.54, 1.807) is 12.1 Å². The summed E-state index contributed by atoms with van der Waals surface area (Å²) in [6, 6.07) is 23.1. The molecule has 4 N–H and O–H groups in total. The highest BCUT2D eigenvalue weighted by Crippen LogP contribution is 2.33. The third kappa shape index (κ3) is 2.97. The van der Waals surface area contributed by atoms with Gasteiger partial charge in [0.2, 0.25) is 0 Å². The van der Waals surface area contributed by atoms with E-state index in [1.165, 1.54) is 0 Å². The first-order valence-electron chi connectivity index (χ1n) is 8.63. The Morgan fingerprint density at radius 2 is 0.962 bits per heavy atom. The molecule has 0 aromatic heterocycles. The Morgan fingerprint density at radius 1 is 0.538 bits per heavy atom. The second-order valence-electron chi connectivity index (χ2n) is 6.22. The van der Waals surface area contributed by atoms with Gasteiger partial charge in [-0.3, -0.25) is 0 Å². The molecule has 0 atom stereocenters. The standard InChI is InChI=1S/C22H20N2O2/c25-19-11-9-15-5-1-3-7-17(15)21(19)23-13-14-24-22-18-8-4-2-6-16(18)10-12-20(22)26/h1-12,23-26H,13-14H2. The van der Waals surface area contributed by atoms with Crippen molar-refractivity contribution in [2.75, 3.05) is 23.7 Å².